The Kier molecular flexibility index (Phi) is 5.33. The summed E-state index contributed by atoms with van der Waals surface area (Å²) in [4.78, 5) is 0. The summed E-state index contributed by atoms with van der Waals surface area (Å²) in [5.74, 6) is -0.0557. The van der Waals surface area contributed by atoms with Crippen LogP contribution in [0.15, 0.2) is 0 Å². The summed E-state index contributed by atoms with van der Waals surface area (Å²) in [7, 11) is -4.40. The van der Waals surface area contributed by atoms with Gasteiger partial charge in [0, 0.05) is 6.42 Å². The molecule has 0 aromatic heterocycles. The SMILES string of the molecule is CC(C)OP(=O)(OC(C)C)C(F)(F)CC1CCC1. The van der Waals surface area contributed by atoms with Crippen molar-refractivity contribution in [2.45, 2.75) is 71.2 Å². The van der Waals surface area contributed by atoms with Crippen molar-refractivity contribution in [3.8, 4) is 0 Å². The summed E-state index contributed by atoms with van der Waals surface area (Å²) in [6.45, 7) is 6.32. The van der Waals surface area contributed by atoms with Crippen LogP contribution in [0, 0.1) is 5.92 Å². The maximum atomic E-state index is 14.2. The highest BCUT2D eigenvalue weighted by Crippen LogP contribution is 2.66. The van der Waals surface area contributed by atoms with E-state index in [0.29, 0.717) is 0 Å². The van der Waals surface area contributed by atoms with Crippen LogP contribution in [0.1, 0.15) is 53.4 Å². The summed E-state index contributed by atoms with van der Waals surface area (Å²) < 4.78 is 50.6. The Labute approximate surface area is 108 Å². The molecule has 1 rings (SSSR count). The van der Waals surface area contributed by atoms with Crippen molar-refractivity contribution in [3.63, 3.8) is 0 Å². The number of alkyl halides is 2. The minimum Gasteiger partial charge on any atom is -0.302 e. The summed E-state index contributed by atoms with van der Waals surface area (Å²) in [5.41, 5.74) is -3.40. The fraction of sp³-hybridized carbons (Fsp3) is 1.00. The highest BCUT2D eigenvalue weighted by molar-refractivity contribution is 7.55. The van der Waals surface area contributed by atoms with Gasteiger partial charge in [0.15, 0.2) is 0 Å². The zero-order valence-electron chi connectivity index (χ0n) is 11.5. The predicted octanol–water partition coefficient (Wildman–Crippen LogP) is 4.81. The van der Waals surface area contributed by atoms with Crippen LogP contribution >= 0.6 is 7.60 Å². The molecule has 1 aliphatic carbocycles. The number of hydrogen-bond donors (Lipinski definition) is 0. The van der Waals surface area contributed by atoms with E-state index in [1.54, 1.807) is 27.7 Å². The Morgan fingerprint density at radius 3 is 1.89 bits per heavy atom. The molecule has 108 valence electrons. The van der Waals surface area contributed by atoms with Crippen LogP contribution in [0.3, 0.4) is 0 Å². The van der Waals surface area contributed by atoms with Crippen LogP contribution in [0.4, 0.5) is 8.78 Å². The number of halogens is 2. The minimum absolute atomic E-state index is 0.0557. The summed E-state index contributed by atoms with van der Waals surface area (Å²) >= 11 is 0. The monoisotopic (exact) mass is 284 g/mol. The zero-order chi connectivity index (χ0) is 14.0. The Morgan fingerprint density at radius 2 is 1.61 bits per heavy atom. The first-order valence-electron chi connectivity index (χ1n) is 6.51. The van der Waals surface area contributed by atoms with E-state index in [1.165, 1.54) is 0 Å². The maximum absolute atomic E-state index is 14.2. The van der Waals surface area contributed by atoms with Crippen LogP contribution in [0.2, 0.25) is 0 Å². The first-order valence-corrected chi connectivity index (χ1v) is 8.05. The predicted molar refractivity (Wildman–Crippen MR) is 67.0 cm³/mol. The van der Waals surface area contributed by atoms with Crippen molar-refractivity contribution in [1.82, 2.24) is 0 Å². The Bertz CT molecular complexity index is 300. The standard InChI is InChI=1S/C12H23F2O3P/c1-9(2)16-18(15,17-10(3)4)12(13,14)8-11-6-5-7-11/h9-11H,5-8H2,1-4H3. The fourth-order valence-electron chi connectivity index (χ4n) is 1.89. The molecule has 0 unspecified atom stereocenters. The first-order chi connectivity index (χ1) is 8.16. The van der Waals surface area contributed by atoms with Crippen molar-refractivity contribution >= 4 is 7.60 Å². The van der Waals surface area contributed by atoms with E-state index in [-0.39, 0.29) is 5.92 Å². The lowest BCUT2D eigenvalue weighted by Crippen LogP contribution is -2.28. The van der Waals surface area contributed by atoms with E-state index in [2.05, 4.69) is 0 Å². The normalized spacial score (nSPS) is 18.4. The van der Waals surface area contributed by atoms with Gasteiger partial charge < -0.3 is 9.05 Å². The van der Waals surface area contributed by atoms with Crippen LogP contribution in [0.25, 0.3) is 0 Å². The minimum atomic E-state index is -4.40. The quantitative estimate of drug-likeness (QED) is 0.629. The average Bonchev–Trinajstić information content (AvgIpc) is 2.08. The van der Waals surface area contributed by atoms with Gasteiger partial charge in [-0.05, 0) is 33.6 Å². The van der Waals surface area contributed by atoms with E-state index in [4.69, 9.17) is 9.05 Å². The van der Waals surface area contributed by atoms with E-state index in [9.17, 15) is 13.3 Å². The smallest absolute Gasteiger partial charge is 0.302 e. The Balaban J connectivity index is 2.81. The lowest BCUT2D eigenvalue weighted by atomic mass is 9.83. The molecule has 0 amide bonds. The summed E-state index contributed by atoms with van der Waals surface area (Å²) in [6.07, 6.45) is 1.02. The molecule has 0 radical (unpaired) electrons. The van der Waals surface area contributed by atoms with Gasteiger partial charge in [0.25, 0.3) is 0 Å². The van der Waals surface area contributed by atoms with Crippen molar-refractivity contribution in [3.05, 3.63) is 0 Å². The third kappa shape index (κ3) is 4.01. The lowest BCUT2D eigenvalue weighted by Gasteiger charge is -2.34. The lowest BCUT2D eigenvalue weighted by molar-refractivity contribution is -0.00624. The molecule has 0 aromatic rings. The second kappa shape index (κ2) is 5.98. The molecular weight excluding hydrogens is 261 g/mol. The van der Waals surface area contributed by atoms with Gasteiger partial charge in [0.2, 0.25) is 0 Å². The molecule has 6 heteroatoms. The van der Waals surface area contributed by atoms with Crippen molar-refractivity contribution in [2.24, 2.45) is 5.92 Å². The van der Waals surface area contributed by atoms with Crippen molar-refractivity contribution in [1.29, 1.82) is 0 Å². The zero-order valence-corrected chi connectivity index (χ0v) is 12.4. The molecule has 1 saturated carbocycles. The molecule has 1 fully saturated rings. The molecule has 0 heterocycles. The van der Waals surface area contributed by atoms with Gasteiger partial charge in [-0.15, -0.1) is 0 Å². The van der Waals surface area contributed by atoms with E-state index < -0.39 is 31.9 Å². The second-order valence-corrected chi connectivity index (χ2v) is 7.54. The van der Waals surface area contributed by atoms with Gasteiger partial charge >= 0.3 is 13.3 Å². The Hall–Kier alpha value is 0.01000. The Morgan fingerprint density at radius 1 is 1.17 bits per heavy atom. The second-order valence-electron chi connectivity index (χ2n) is 5.47. The van der Waals surface area contributed by atoms with Gasteiger partial charge in [-0.3, -0.25) is 4.57 Å². The summed E-state index contributed by atoms with van der Waals surface area (Å²) in [5, 5.41) is 0. The largest absolute Gasteiger partial charge is 0.400 e. The molecule has 1 aliphatic rings. The highest BCUT2D eigenvalue weighted by Gasteiger charge is 2.55. The summed E-state index contributed by atoms with van der Waals surface area (Å²) in [6, 6.07) is 0. The van der Waals surface area contributed by atoms with Crippen LogP contribution < -0.4 is 0 Å². The highest BCUT2D eigenvalue weighted by atomic mass is 31.2. The average molecular weight is 284 g/mol. The molecular formula is C12H23F2O3P. The third-order valence-corrected chi connectivity index (χ3v) is 5.24. The van der Waals surface area contributed by atoms with E-state index in [0.717, 1.165) is 19.3 Å². The van der Waals surface area contributed by atoms with E-state index >= 15 is 0 Å². The molecule has 3 nitrogen and oxygen atoms in total. The molecule has 0 spiro atoms. The molecule has 0 N–H and O–H groups in total. The fourth-order valence-corrected chi connectivity index (χ4v) is 3.84. The van der Waals surface area contributed by atoms with Crippen LogP contribution in [0.5, 0.6) is 0 Å². The van der Waals surface area contributed by atoms with Gasteiger partial charge in [0.05, 0.1) is 12.2 Å². The third-order valence-electron chi connectivity index (χ3n) is 2.86. The topological polar surface area (TPSA) is 35.5 Å². The first kappa shape index (κ1) is 16.1. The van der Waals surface area contributed by atoms with Crippen molar-refractivity contribution < 1.29 is 22.4 Å². The van der Waals surface area contributed by atoms with Gasteiger partial charge in [-0.25, -0.2) is 0 Å². The van der Waals surface area contributed by atoms with Gasteiger partial charge in [-0.2, -0.15) is 8.78 Å². The van der Waals surface area contributed by atoms with Gasteiger partial charge in [-0.1, -0.05) is 19.3 Å². The molecule has 0 aromatic carbocycles. The number of rotatable bonds is 7. The van der Waals surface area contributed by atoms with Crippen molar-refractivity contribution in [2.75, 3.05) is 0 Å². The van der Waals surface area contributed by atoms with Crippen LogP contribution in [-0.4, -0.2) is 17.9 Å². The molecule has 0 saturated heterocycles. The molecule has 0 aliphatic heterocycles. The van der Waals surface area contributed by atoms with Gasteiger partial charge in [0.1, 0.15) is 0 Å². The van der Waals surface area contributed by atoms with E-state index in [1.807, 2.05) is 0 Å². The molecule has 18 heavy (non-hydrogen) atoms. The maximum Gasteiger partial charge on any atom is 0.400 e. The molecule has 0 bridgehead atoms. The molecule has 0 atom stereocenters. The number of hydrogen-bond acceptors (Lipinski definition) is 3. The van der Waals surface area contributed by atoms with Crippen LogP contribution in [-0.2, 0) is 13.6 Å².